The monoisotopic (exact) mass is 246 g/mol. The molecule has 1 aromatic carbocycles. The Morgan fingerprint density at radius 1 is 1.22 bits per heavy atom. The van der Waals surface area contributed by atoms with Crippen molar-refractivity contribution in [1.82, 2.24) is 9.88 Å². The number of aromatic nitrogens is 1. The average molecular weight is 246 g/mol. The molecule has 0 fully saturated rings. The van der Waals surface area contributed by atoms with Crippen LogP contribution in [-0.2, 0) is 6.54 Å². The standard InChI is InChI=1S/C15H22N2O/c1-3-4-8-16-9-11-17-10-7-13-12-14(18-2)5-6-15(13)17/h5-7,10,12,16H,3-4,8-9,11H2,1-2H3. The van der Waals surface area contributed by atoms with Crippen LogP contribution in [0.15, 0.2) is 30.5 Å². The van der Waals surface area contributed by atoms with E-state index >= 15 is 0 Å². The molecule has 3 nitrogen and oxygen atoms in total. The molecule has 0 bridgehead atoms. The normalized spacial score (nSPS) is 11.0. The second kappa shape index (κ2) is 6.45. The third-order valence-electron chi connectivity index (χ3n) is 3.21. The van der Waals surface area contributed by atoms with Crippen LogP contribution in [0, 0.1) is 0 Å². The minimum atomic E-state index is 0.918. The van der Waals surface area contributed by atoms with Gasteiger partial charge >= 0.3 is 0 Å². The summed E-state index contributed by atoms with van der Waals surface area (Å²) >= 11 is 0. The quantitative estimate of drug-likeness (QED) is 0.760. The Morgan fingerprint density at radius 3 is 2.89 bits per heavy atom. The summed E-state index contributed by atoms with van der Waals surface area (Å²) in [6.07, 6.45) is 4.65. The van der Waals surface area contributed by atoms with E-state index in [-0.39, 0.29) is 0 Å². The zero-order chi connectivity index (χ0) is 12.8. The van der Waals surface area contributed by atoms with Crippen LogP contribution >= 0.6 is 0 Å². The number of ether oxygens (including phenoxy) is 1. The molecule has 18 heavy (non-hydrogen) atoms. The Bertz CT molecular complexity index is 490. The third-order valence-corrected chi connectivity index (χ3v) is 3.21. The van der Waals surface area contributed by atoms with Crippen molar-refractivity contribution in [3.63, 3.8) is 0 Å². The summed E-state index contributed by atoms with van der Waals surface area (Å²) in [5.74, 6) is 0.918. The first kappa shape index (κ1) is 13.0. The van der Waals surface area contributed by atoms with Crippen molar-refractivity contribution in [1.29, 1.82) is 0 Å². The first-order valence-electron chi connectivity index (χ1n) is 6.68. The van der Waals surface area contributed by atoms with E-state index in [2.05, 4.69) is 41.2 Å². The zero-order valence-corrected chi connectivity index (χ0v) is 11.3. The third kappa shape index (κ3) is 3.05. The Hall–Kier alpha value is -1.48. The van der Waals surface area contributed by atoms with E-state index in [1.807, 2.05) is 6.07 Å². The van der Waals surface area contributed by atoms with E-state index in [9.17, 15) is 0 Å². The van der Waals surface area contributed by atoms with Crippen LogP contribution in [0.3, 0.4) is 0 Å². The van der Waals surface area contributed by atoms with Gasteiger partial charge in [0.15, 0.2) is 0 Å². The molecule has 2 aromatic rings. The summed E-state index contributed by atoms with van der Waals surface area (Å²) in [6, 6.07) is 8.36. The highest BCUT2D eigenvalue weighted by atomic mass is 16.5. The summed E-state index contributed by atoms with van der Waals surface area (Å²) in [5.41, 5.74) is 1.27. The van der Waals surface area contributed by atoms with Gasteiger partial charge in [-0.3, -0.25) is 0 Å². The van der Waals surface area contributed by atoms with Crippen molar-refractivity contribution in [2.75, 3.05) is 20.2 Å². The second-order valence-corrected chi connectivity index (χ2v) is 4.54. The molecular weight excluding hydrogens is 224 g/mol. The summed E-state index contributed by atoms with van der Waals surface area (Å²) in [4.78, 5) is 0. The molecule has 3 heteroatoms. The highest BCUT2D eigenvalue weighted by Gasteiger charge is 2.01. The van der Waals surface area contributed by atoms with Crippen LogP contribution in [0.25, 0.3) is 10.9 Å². The van der Waals surface area contributed by atoms with Crippen LogP contribution in [-0.4, -0.2) is 24.8 Å². The van der Waals surface area contributed by atoms with Gasteiger partial charge in [0.25, 0.3) is 0 Å². The maximum Gasteiger partial charge on any atom is 0.119 e. The van der Waals surface area contributed by atoms with E-state index in [0.717, 1.165) is 25.4 Å². The number of unbranched alkanes of at least 4 members (excludes halogenated alkanes) is 1. The summed E-state index contributed by atoms with van der Waals surface area (Å²) in [5, 5.41) is 4.71. The SMILES string of the molecule is CCCCNCCn1ccc2cc(OC)ccc21. The number of rotatable bonds is 7. The molecule has 0 aliphatic carbocycles. The zero-order valence-electron chi connectivity index (χ0n) is 11.3. The van der Waals surface area contributed by atoms with Gasteiger partial charge in [-0.25, -0.2) is 0 Å². The van der Waals surface area contributed by atoms with Gasteiger partial charge in [0, 0.05) is 30.2 Å². The maximum absolute atomic E-state index is 5.24. The van der Waals surface area contributed by atoms with Gasteiger partial charge in [-0.05, 0) is 37.2 Å². The molecule has 1 heterocycles. The fraction of sp³-hybridized carbons (Fsp3) is 0.467. The number of hydrogen-bond donors (Lipinski definition) is 1. The van der Waals surface area contributed by atoms with Crippen molar-refractivity contribution in [3.05, 3.63) is 30.5 Å². The molecule has 0 radical (unpaired) electrons. The molecule has 0 saturated heterocycles. The Morgan fingerprint density at radius 2 is 2.11 bits per heavy atom. The lowest BCUT2D eigenvalue weighted by atomic mass is 10.2. The summed E-state index contributed by atoms with van der Waals surface area (Å²) < 4.78 is 7.52. The predicted octanol–water partition coefficient (Wildman–Crippen LogP) is 3.04. The highest BCUT2D eigenvalue weighted by molar-refractivity contribution is 5.81. The van der Waals surface area contributed by atoms with Crippen LogP contribution in [0.5, 0.6) is 5.75 Å². The fourth-order valence-electron chi connectivity index (χ4n) is 2.13. The molecule has 0 amide bonds. The maximum atomic E-state index is 5.24. The first-order valence-corrected chi connectivity index (χ1v) is 6.68. The lowest BCUT2D eigenvalue weighted by Gasteiger charge is -2.07. The second-order valence-electron chi connectivity index (χ2n) is 4.54. The Kier molecular flexibility index (Phi) is 4.65. The molecular formula is C15H22N2O. The summed E-state index contributed by atoms with van der Waals surface area (Å²) in [7, 11) is 1.70. The molecule has 0 saturated carbocycles. The molecule has 0 atom stereocenters. The Balaban J connectivity index is 1.97. The smallest absolute Gasteiger partial charge is 0.119 e. The van der Waals surface area contributed by atoms with E-state index in [1.165, 1.54) is 23.7 Å². The van der Waals surface area contributed by atoms with E-state index in [1.54, 1.807) is 7.11 Å². The highest BCUT2D eigenvalue weighted by Crippen LogP contribution is 2.21. The van der Waals surface area contributed by atoms with Gasteiger partial charge in [0.05, 0.1) is 7.11 Å². The van der Waals surface area contributed by atoms with Gasteiger partial charge < -0.3 is 14.6 Å². The Labute approximate surface area is 109 Å². The molecule has 1 aromatic heterocycles. The number of fused-ring (bicyclic) bond motifs is 1. The lowest BCUT2D eigenvalue weighted by molar-refractivity contribution is 0.415. The van der Waals surface area contributed by atoms with Crippen molar-refractivity contribution >= 4 is 10.9 Å². The molecule has 2 rings (SSSR count). The van der Waals surface area contributed by atoms with Crippen LogP contribution in [0.4, 0.5) is 0 Å². The number of methoxy groups -OCH3 is 1. The molecule has 1 N–H and O–H groups in total. The van der Waals surface area contributed by atoms with E-state index < -0.39 is 0 Å². The summed E-state index contributed by atoms with van der Waals surface area (Å²) in [6.45, 7) is 5.37. The number of benzene rings is 1. The van der Waals surface area contributed by atoms with Gasteiger partial charge in [0.1, 0.15) is 5.75 Å². The first-order chi connectivity index (χ1) is 8.85. The largest absolute Gasteiger partial charge is 0.497 e. The minimum Gasteiger partial charge on any atom is -0.497 e. The van der Waals surface area contributed by atoms with Crippen molar-refractivity contribution in [2.24, 2.45) is 0 Å². The van der Waals surface area contributed by atoms with Crippen molar-refractivity contribution in [2.45, 2.75) is 26.3 Å². The number of nitrogens with zero attached hydrogens (tertiary/aromatic N) is 1. The van der Waals surface area contributed by atoms with Crippen LogP contribution in [0.2, 0.25) is 0 Å². The van der Waals surface area contributed by atoms with Gasteiger partial charge in [0.2, 0.25) is 0 Å². The van der Waals surface area contributed by atoms with Gasteiger partial charge in [-0.15, -0.1) is 0 Å². The van der Waals surface area contributed by atoms with Crippen molar-refractivity contribution in [3.8, 4) is 5.75 Å². The molecule has 98 valence electrons. The van der Waals surface area contributed by atoms with Crippen molar-refractivity contribution < 1.29 is 4.74 Å². The number of hydrogen-bond acceptors (Lipinski definition) is 2. The van der Waals surface area contributed by atoms with E-state index in [0.29, 0.717) is 0 Å². The average Bonchev–Trinajstić information content (AvgIpc) is 2.81. The molecule has 0 aliphatic rings. The topological polar surface area (TPSA) is 26.2 Å². The van der Waals surface area contributed by atoms with Gasteiger partial charge in [-0.2, -0.15) is 0 Å². The van der Waals surface area contributed by atoms with E-state index in [4.69, 9.17) is 4.74 Å². The molecule has 0 aliphatic heterocycles. The molecule has 0 spiro atoms. The minimum absolute atomic E-state index is 0.918. The van der Waals surface area contributed by atoms with Gasteiger partial charge in [-0.1, -0.05) is 13.3 Å². The van der Waals surface area contributed by atoms with Crippen LogP contribution in [0.1, 0.15) is 19.8 Å². The fourth-order valence-corrected chi connectivity index (χ4v) is 2.13. The number of nitrogens with one attached hydrogen (secondary N) is 1. The molecule has 0 unspecified atom stereocenters. The predicted molar refractivity (Wildman–Crippen MR) is 76.3 cm³/mol. The van der Waals surface area contributed by atoms with Crippen LogP contribution < -0.4 is 10.1 Å². The lowest BCUT2D eigenvalue weighted by Crippen LogP contribution is -2.20.